The summed E-state index contributed by atoms with van der Waals surface area (Å²) in [6.07, 6.45) is 9.52. The van der Waals surface area contributed by atoms with Crippen LogP contribution in [0.3, 0.4) is 0 Å². The molecule has 4 atom stereocenters. The van der Waals surface area contributed by atoms with Crippen molar-refractivity contribution in [1.82, 2.24) is 0 Å². The molecule has 2 N–H and O–H groups in total. The topological polar surface area (TPSA) is 35.2 Å². The molecule has 0 aromatic rings. The molecule has 0 spiro atoms. The summed E-state index contributed by atoms with van der Waals surface area (Å²) in [6, 6.07) is 0.461. The highest BCUT2D eigenvalue weighted by Gasteiger charge is 2.27. The molecule has 0 aromatic heterocycles. The van der Waals surface area contributed by atoms with Gasteiger partial charge in [0.25, 0.3) is 0 Å². The van der Waals surface area contributed by atoms with Crippen LogP contribution in [0, 0.1) is 11.8 Å². The van der Waals surface area contributed by atoms with Crippen LogP contribution in [0.25, 0.3) is 0 Å². The zero-order valence-electron chi connectivity index (χ0n) is 9.95. The van der Waals surface area contributed by atoms with E-state index in [2.05, 4.69) is 6.92 Å². The van der Waals surface area contributed by atoms with Crippen LogP contribution in [0.2, 0.25) is 0 Å². The van der Waals surface area contributed by atoms with Crippen LogP contribution < -0.4 is 5.73 Å². The van der Waals surface area contributed by atoms with Gasteiger partial charge in [-0.05, 0) is 56.8 Å². The molecule has 1 saturated heterocycles. The number of nitrogens with two attached hydrogens (primary N) is 1. The molecule has 0 amide bonds. The highest BCUT2D eigenvalue weighted by molar-refractivity contribution is 4.82. The Bertz CT molecular complexity index is 189. The van der Waals surface area contributed by atoms with Gasteiger partial charge in [0, 0.05) is 12.6 Å². The molecule has 0 aromatic carbocycles. The van der Waals surface area contributed by atoms with Gasteiger partial charge in [-0.1, -0.05) is 6.92 Å². The lowest BCUT2D eigenvalue weighted by atomic mass is 9.77. The lowest BCUT2D eigenvalue weighted by Crippen LogP contribution is -2.36. The highest BCUT2D eigenvalue weighted by atomic mass is 16.5. The molecular weight excluding hydrogens is 186 g/mol. The first-order valence-electron chi connectivity index (χ1n) is 6.63. The molecule has 88 valence electrons. The fraction of sp³-hybridized carbons (Fsp3) is 1.00. The highest BCUT2D eigenvalue weighted by Crippen LogP contribution is 2.32. The molecule has 1 aliphatic heterocycles. The van der Waals surface area contributed by atoms with Gasteiger partial charge in [-0.25, -0.2) is 0 Å². The summed E-state index contributed by atoms with van der Waals surface area (Å²) >= 11 is 0. The van der Waals surface area contributed by atoms with Crippen LogP contribution in [0.5, 0.6) is 0 Å². The van der Waals surface area contributed by atoms with Crippen molar-refractivity contribution in [2.75, 3.05) is 6.61 Å². The van der Waals surface area contributed by atoms with Gasteiger partial charge < -0.3 is 10.5 Å². The lowest BCUT2D eigenvalue weighted by molar-refractivity contribution is 0.0920. The van der Waals surface area contributed by atoms with Crippen molar-refractivity contribution < 1.29 is 4.74 Å². The molecular formula is C13H25NO. The molecule has 1 aliphatic carbocycles. The van der Waals surface area contributed by atoms with Crippen molar-refractivity contribution in [1.29, 1.82) is 0 Å². The third-order valence-electron chi connectivity index (χ3n) is 4.19. The van der Waals surface area contributed by atoms with E-state index in [1.165, 1.54) is 44.9 Å². The summed E-state index contributed by atoms with van der Waals surface area (Å²) in [5.41, 5.74) is 6.19. The van der Waals surface area contributed by atoms with E-state index >= 15 is 0 Å². The summed E-state index contributed by atoms with van der Waals surface area (Å²) in [4.78, 5) is 0. The Balaban J connectivity index is 1.72. The quantitative estimate of drug-likeness (QED) is 0.779. The van der Waals surface area contributed by atoms with Crippen LogP contribution in [-0.4, -0.2) is 18.8 Å². The fourth-order valence-corrected chi connectivity index (χ4v) is 3.13. The van der Waals surface area contributed by atoms with E-state index in [1.54, 1.807) is 0 Å². The zero-order chi connectivity index (χ0) is 10.7. The van der Waals surface area contributed by atoms with E-state index in [0.29, 0.717) is 12.1 Å². The second kappa shape index (κ2) is 5.31. The summed E-state index contributed by atoms with van der Waals surface area (Å²) in [5.74, 6) is 1.65. The maximum Gasteiger partial charge on any atom is 0.0576 e. The molecule has 2 fully saturated rings. The minimum atomic E-state index is 0.461. The zero-order valence-corrected chi connectivity index (χ0v) is 9.95. The third kappa shape index (κ3) is 3.18. The normalized spacial score (nSPS) is 42.0. The average Bonchev–Trinajstić information content (AvgIpc) is 2.72. The standard InChI is InChI=1S/C13H25NO/c1-10-4-7-13(14)11(9-10)5-6-12-3-2-8-15-12/h10-13H,2-9,14H2,1H3. The molecule has 2 aliphatic rings. The summed E-state index contributed by atoms with van der Waals surface area (Å²) < 4.78 is 5.67. The van der Waals surface area contributed by atoms with E-state index in [9.17, 15) is 0 Å². The number of hydrogen-bond acceptors (Lipinski definition) is 2. The SMILES string of the molecule is CC1CCC(N)C(CCC2CCCO2)C1. The number of ether oxygens (including phenoxy) is 1. The van der Waals surface area contributed by atoms with Crippen molar-refractivity contribution in [3.8, 4) is 0 Å². The monoisotopic (exact) mass is 211 g/mol. The van der Waals surface area contributed by atoms with Crippen molar-refractivity contribution in [2.24, 2.45) is 17.6 Å². The smallest absolute Gasteiger partial charge is 0.0576 e. The van der Waals surface area contributed by atoms with Gasteiger partial charge in [-0.3, -0.25) is 0 Å². The Morgan fingerprint density at radius 1 is 1.20 bits per heavy atom. The van der Waals surface area contributed by atoms with E-state index in [-0.39, 0.29) is 0 Å². The van der Waals surface area contributed by atoms with Crippen molar-refractivity contribution >= 4 is 0 Å². The predicted octanol–water partition coefficient (Wildman–Crippen LogP) is 2.71. The van der Waals surface area contributed by atoms with E-state index in [4.69, 9.17) is 10.5 Å². The maximum atomic E-state index is 6.19. The second-order valence-electron chi connectivity index (χ2n) is 5.55. The van der Waals surface area contributed by atoms with Crippen LogP contribution >= 0.6 is 0 Å². The first kappa shape index (κ1) is 11.4. The van der Waals surface area contributed by atoms with E-state index in [1.807, 2.05) is 0 Å². The van der Waals surface area contributed by atoms with Gasteiger partial charge in [0.1, 0.15) is 0 Å². The molecule has 0 radical (unpaired) electrons. The third-order valence-corrected chi connectivity index (χ3v) is 4.19. The van der Waals surface area contributed by atoms with Crippen LogP contribution in [-0.2, 0) is 4.74 Å². The van der Waals surface area contributed by atoms with Crippen LogP contribution in [0.1, 0.15) is 51.9 Å². The Labute approximate surface area is 93.6 Å². The van der Waals surface area contributed by atoms with Gasteiger partial charge in [0.05, 0.1) is 6.10 Å². The lowest BCUT2D eigenvalue weighted by Gasteiger charge is -2.33. The maximum absolute atomic E-state index is 6.19. The van der Waals surface area contributed by atoms with E-state index < -0.39 is 0 Å². The second-order valence-corrected chi connectivity index (χ2v) is 5.55. The summed E-state index contributed by atoms with van der Waals surface area (Å²) in [5, 5.41) is 0. The molecule has 0 bridgehead atoms. The molecule has 15 heavy (non-hydrogen) atoms. The Hall–Kier alpha value is -0.0800. The van der Waals surface area contributed by atoms with Gasteiger partial charge in [-0.2, -0.15) is 0 Å². The first-order valence-corrected chi connectivity index (χ1v) is 6.63. The molecule has 2 rings (SSSR count). The Morgan fingerprint density at radius 2 is 2.07 bits per heavy atom. The molecule has 1 saturated carbocycles. The average molecular weight is 211 g/mol. The van der Waals surface area contributed by atoms with Crippen LogP contribution in [0.15, 0.2) is 0 Å². The molecule has 2 heteroatoms. The fourth-order valence-electron chi connectivity index (χ4n) is 3.13. The van der Waals surface area contributed by atoms with Gasteiger partial charge >= 0.3 is 0 Å². The summed E-state index contributed by atoms with van der Waals surface area (Å²) in [6.45, 7) is 3.35. The minimum absolute atomic E-state index is 0.461. The van der Waals surface area contributed by atoms with Crippen molar-refractivity contribution in [2.45, 2.75) is 64.0 Å². The number of hydrogen-bond donors (Lipinski definition) is 1. The molecule has 4 unspecified atom stereocenters. The minimum Gasteiger partial charge on any atom is -0.378 e. The Kier molecular flexibility index (Phi) is 4.04. The Morgan fingerprint density at radius 3 is 2.80 bits per heavy atom. The van der Waals surface area contributed by atoms with Gasteiger partial charge in [0.15, 0.2) is 0 Å². The van der Waals surface area contributed by atoms with Gasteiger partial charge in [-0.15, -0.1) is 0 Å². The van der Waals surface area contributed by atoms with E-state index in [0.717, 1.165) is 18.4 Å². The van der Waals surface area contributed by atoms with Crippen molar-refractivity contribution in [3.05, 3.63) is 0 Å². The molecule has 2 nitrogen and oxygen atoms in total. The molecule has 1 heterocycles. The summed E-state index contributed by atoms with van der Waals surface area (Å²) in [7, 11) is 0. The van der Waals surface area contributed by atoms with Crippen molar-refractivity contribution in [3.63, 3.8) is 0 Å². The van der Waals surface area contributed by atoms with Crippen LogP contribution in [0.4, 0.5) is 0 Å². The predicted molar refractivity (Wildman–Crippen MR) is 62.7 cm³/mol. The largest absolute Gasteiger partial charge is 0.378 e. The first-order chi connectivity index (χ1) is 7.25. The van der Waals surface area contributed by atoms with Gasteiger partial charge in [0.2, 0.25) is 0 Å². The number of rotatable bonds is 3.